The zero-order valence-corrected chi connectivity index (χ0v) is 23.9. The predicted molar refractivity (Wildman–Crippen MR) is 139 cm³/mol. The molecule has 0 aromatic carbocycles. The van der Waals surface area contributed by atoms with Crippen molar-refractivity contribution in [1.82, 2.24) is 0 Å². The van der Waals surface area contributed by atoms with E-state index in [-0.39, 0.29) is 89.0 Å². The van der Waals surface area contributed by atoms with E-state index in [0.29, 0.717) is 12.8 Å². The monoisotopic (exact) mass is 534 g/mol. The Morgan fingerprint density at radius 2 is 1.53 bits per heavy atom. The summed E-state index contributed by atoms with van der Waals surface area (Å²) >= 11 is 0. The maximum atomic E-state index is 12.4. The molecule has 4 aliphatic rings. The third-order valence-corrected chi connectivity index (χ3v) is 11.2. The fraction of sp³-hybridized carbons (Fsp3) is 0.867. The van der Waals surface area contributed by atoms with Gasteiger partial charge in [-0.2, -0.15) is 0 Å². The van der Waals surface area contributed by atoms with Crippen molar-refractivity contribution < 1.29 is 38.5 Å². The molecule has 0 saturated heterocycles. The Hall–Kier alpha value is -2.12. The summed E-state index contributed by atoms with van der Waals surface area (Å²) in [4.78, 5) is 47.7. The second-order valence-corrected chi connectivity index (χ2v) is 13.2. The lowest BCUT2D eigenvalue weighted by Crippen LogP contribution is -2.63. The molecule has 4 rings (SSSR count). The molecule has 11 atom stereocenters. The quantitative estimate of drug-likeness (QED) is 0.352. The van der Waals surface area contributed by atoms with Crippen molar-refractivity contribution in [2.75, 3.05) is 0 Å². The predicted octanol–water partition coefficient (Wildman–Crippen LogP) is 5.16. The fourth-order valence-electron chi connectivity index (χ4n) is 9.67. The molecule has 0 aromatic rings. The SMILES string of the molecule is CC(=O)O[C@@H]1CC[C@@]2(C)[C@@H](C1)C[C@@H](OC(C)=O)[C@H]1[C@@H]2C[C@@H](OC(C)=O)[C@]2(C)C([C@H](C)CCC(=O)O)CC[C@@H]12. The highest BCUT2D eigenvalue weighted by Crippen LogP contribution is 2.69. The average molecular weight is 535 g/mol. The molecule has 4 saturated carbocycles. The second-order valence-electron chi connectivity index (χ2n) is 13.2. The van der Waals surface area contributed by atoms with Crippen LogP contribution in [0, 0.1) is 46.3 Å². The number of aliphatic carboxylic acids is 1. The third-order valence-electron chi connectivity index (χ3n) is 11.2. The van der Waals surface area contributed by atoms with Gasteiger partial charge in [0.05, 0.1) is 0 Å². The Balaban J connectivity index is 1.71. The first-order valence-corrected chi connectivity index (χ1v) is 14.5. The summed E-state index contributed by atoms with van der Waals surface area (Å²) in [6.07, 6.45) is 5.93. The highest BCUT2D eigenvalue weighted by molar-refractivity contribution is 5.67. The number of esters is 3. The summed E-state index contributed by atoms with van der Waals surface area (Å²) in [5, 5.41) is 9.31. The number of ether oxygens (including phenoxy) is 3. The maximum Gasteiger partial charge on any atom is 0.303 e. The first-order chi connectivity index (χ1) is 17.8. The van der Waals surface area contributed by atoms with Gasteiger partial charge < -0.3 is 19.3 Å². The summed E-state index contributed by atoms with van der Waals surface area (Å²) in [6.45, 7) is 11.1. The standard InChI is InChI=1S/C30H46O8/c1-16(7-10-27(34)35)22-8-9-23-28-24(15-26(30(22,23)6)38-19(4)33)29(5)12-11-21(36-17(2)31)13-20(29)14-25(28)37-18(3)32/h16,20-26,28H,7-15H2,1-6H3,(H,34,35)/t16-,20+,21-,22?,23+,24+,25-,26-,28-,29+,30-/m1/s1. The van der Waals surface area contributed by atoms with E-state index in [9.17, 15) is 24.3 Å². The minimum absolute atomic E-state index is 0.0370. The van der Waals surface area contributed by atoms with Crippen molar-refractivity contribution in [2.45, 2.75) is 118 Å². The van der Waals surface area contributed by atoms with E-state index in [0.717, 1.165) is 38.5 Å². The number of carboxylic acid groups (broad SMARTS) is 1. The van der Waals surface area contributed by atoms with Gasteiger partial charge in [-0.15, -0.1) is 0 Å². The average Bonchev–Trinajstić information content (AvgIpc) is 3.16. The van der Waals surface area contributed by atoms with Gasteiger partial charge in [0.1, 0.15) is 18.3 Å². The highest BCUT2D eigenvalue weighted by atomic mass is 16.6. The molecule has 0 heterocycles. The number of carbonyl (C=O) groups excluding carboxylic acids is 3. The molecule has 0 bridgehead atoms. The normalized spacial score (nSPS) is 42.6. The highest BCUT2D eigenvalue weighted by Gasteiger charge is 2.67. The van der Waals surface area contributed by atoms with Crippen molar-refractivity contribution in [2.24, 2.45) is 46.3 Å². The largest absolute Gasteiger partial charge is 0.481 e. The number of rotatable bonds is 7. The molecule has 4 aliphatic carbocycles. The molecular formula is C30H46O8. The Morgan fingerprint density at radius 3 is 2.13 bits per heavy atom. The van der Waals surface area contributed by atoms with Gasteiger partial charge in [0.15, 0.2) is 0 Å². The number of carboxylic acids is 1. The van der Waals surface area contributed by atoms with Crippen molar-refractivity contribution >= 4 is 23.9 Å². The molecule has 0 radical (unpaired) electrons. The lowest BCUT2D eigenvalue weighted by Gasteiger charge is -2.64. The minimum Gasteiger partial charge on any atom is -0.481 e. The zero-order chi connectivity index (χ0) is 28.0. The lowest BCUT2D eigenvalue weighted by atomic mass is 9.43. The van der Waals surface area contributed by atoms with Gasteiger partial charge in [-0.25, -0.2) is 0 Å². The van der Waals surface area contributed by atoms with Crippen LogP contribution in [-0.2, 0) is 33.4 Å². The molecule has 8 nitrogen and oxygen atoms in total. The van der Waals surface area contributed by atoms with Crippen molar-refractivity contribution in [3.8, 4) is 0 Å². The van der Waals surface area contributed by atoms with Gasteiger partial charge in [0.25, 0.3) is 0 Å². The van der Waals surface area contributed by atoms with Crippen molar-refractivity contribution in [3.05, 3.63) is 0 Å². The molecule has 0 aromatic heterocycles. The zero-order valence-electron chi connectivity index (χ0n) is 23.9. The number of hydrogen-bond donors (Lipinski definition) is 1. The van der Waals surface area contributed by atoms with Crippen LogP contribution in [0.2, 0.25) is 0 Å². The molecule has 4 fully saturated rings. The van der Waals surface area contributed by atoms with Crippen LogP contribution in [0.5, 0.6) is 0 Å². The second kappa shape index (κ2) is 10.8. The molecule has 1 unspecified atom stereocenters. The molecular weight excluding hydrogens is 488 g/mol. The van der Waals surface area contributed by atoms with Crippen molar-refractivity contribution in [1.29, 1.82) is 0 Å². The van der Waals surface area contributed by atoms with Crippen LogP contribution >= 0.6 is 0 Å². The van der Waals surface area contributed by atoms with Gasteiger partial charge in [-0.3, -0.25) is 19.2 Å². The topological polar surface area (TPSA) is 116 Å². The van der Waals surface area contributed by atoms with E-state index in [2.05, 4.69) is 20.8 Å². The molecule has 1 N–H and O–H groups in total. The van der Waals surface area contributed by atoms with E-state index in [4.69, 9.17) is 14.2 Å². The summed E-state index contributed by atoms with van der Waals surface area (Å²) in [7, 11) is 0. The van der Waals surface area contributed by atoms with Crippen LogP contribution < -0.4 is 0 Å². The van der Waals surface area contributed by atoms with Gasteiger partial charge in [0.2, 0.25) is 0 Å². The first kappa shape index (κ1) is 28.9. The van der Waals surface area contributed by atoms with Gasteiger partial charge in [-0.05, 0) is 86.4 Å². The van der Waals surface area contributed by atoms with Gasteiger partial charge in [0, 0.05) is 38.5 Å². The Bertz CT molecular complexity index is 947. The van der Waals surface area contributed by atoms with Gasteiger partial charge in [-0.1, -0.05) is 20.8 Å². The number of carbonyl (C=O) groups is 4. The van der Waals surface area contributed by atoms with Crippen LogP contribution in [-0.4, -0.2) is 47.3 Å². The van der Waals surface area contributed by atoms with Crippen LogP contribution in [0.4, 0.5) is 0 Å². The van der Waals surface area contributed by atoms with E-state index in [1.807, 2.05) is 0 Å². The van der Waals surface area contributed by atoms with Crippen LogP contribution in [0.15, 0.2) is 0 Å². The fourth-order valence-corrected chi connectivity index (χ4v) is 9.67. The molecule has 214 valence electrons. The first-order valence-electron chi connectivity index (χ1n) is 14.5. The molecule has 0 spiro atoms. The summed E-state index contributed by atoms with van der Waals surface area (Å²) < 4.78 is 17.8. The Kier molecular flexibility index (Phi) is 8.21. The molecule has 0 aliphatic heterocycles. The van der Waals surface area contributed by atoms with E-state index >= 15 is 0 Å². The molecule has 0 amide bonds. The minimum atomic E-state index is -0.790. The summed E-state index contributed by atoms with van der Waals surface area (Å²) in [5.74, 6) is -0.421. The number of hydrogen-bond acceptors (Lipinski definition) is 7. The van der Waals surface area contributed by atoms with Crippen molar-refractivity contribution in [3.63, 3.8) is 0 Å². The lowest BCUT2D eigenvalue weighted by molar-refractivity contribution is -0.224. The Labute approximate surface area is 226 Å². The Morgan fingerprint density at radius 1 is 0.868 bits per heavy atom. The van der Waals surface area contributed by atoms with E-state index in [1.165, 1.54) is 20.8 Å². The van der Waals surface area contributed by atoms with Crippen LogP contribution in [0.1, 0.15) is 99.3 Å². The molecule has 8 heteroatoms. The van der Waals surface area contributed by atoms with E-state index in [1.54, 1.807) is 0 Å². The summed E-state index contributed by atoms with van der Waals surface area (Å²) in [5.41, 5.74) is -0.355. The summed E-state index contributed by atoms with van der Waals surface area (Å²) in [6, 6.07) is 0. The van der Waals surface area contributed by atoms with Crippen LogP contribution in [0.25, 0.3) is 0 Å². The third kappa shape index (κ3) is 5.21. The molecule has 38 heavy (non-hydrogen) atoms. The van der Waals surface area contributed by atoms with E-state index < -0.39 is 5.97 Å². The maximum absolute atomic E-state index is 12.4. The van der Waals surface area contributed by atoms with Crippen LogP contribution in [0.3, 0.4) is 0 Å². The van der Waals surface area contributed by atoms with Gasteiger partial charge >= 0.3 is 23.9 Å². The smallest absolute Gasteiger partial charge is 0.303 e. The number of fused-ring (bicyclic) bond motifs is 5.